The van der Waals surface area contributed by atoms with Crippen molar-refractivity contribution in [3.63, 3.8) is 0 Å². The molecule has 0 heterocycles. The number of hydrogen-bond acceptors (Lipinski definition) is 4. The summed E-state index contributed by atoms with van der Waals surface area (Å²) >= 11 is 0. The Morgan fingerprint density at radius 1 is 0.424 bits per heavy atom. The van der Waals surface area contributed by atoms with Crippen molar-refractivity contribution in [1.29, 1.82) is 0 Å². The van der Waals surface area contributed by atoms with E-state index in [2.05, 4.69) is 10.6 Å². The van der Waals surface area contributed by atoms with Gasteiger partial charge < -0.3 is 30.7 Å². The Hall–Kier alpha value is -0.290. The van der Waals surface area contributed by atoms with Gasteiger partial charge in [0.15, 0.2) is 0 Å². The molecule has 8 N–H and O–H groups in total. The summed E-state index contributed by atoms with van der Waals surface area (Å²) < 4.78 is 34.1. The van der Waals surface area contributed by atoms with Gasteiger partial charge in [0.1, 0.15) is 0 Å². The minimum atomic E-state index is -5.17. The fourth-order valence-corrected chi connectivity index (χ4v) is 6.08. The SMILES string of the molecule is C1CCC([NH2+]C2CCCCC2)CC1.C1CCC([NH2+]C2CCCCC2)CC1.O.O.O=S(=O)([O-])[O-]. The lowest BCUT2D eigenvalue weighted by Crippen LogP contribution is -2.95. The van der Waals surface area contributed by atoms with E-state index in [9.17, 15) is 0 Å². The van der Waals surface area contributed by atoms with Crippen LogP contribution in [0.2, 0.25) is 0 Å². The second kappa shape index (κ2) is 19.0. The smallest absolute Gasteiger partial charge is 0.0861 e. The summed E-state index contributed by atoms with van der Waals surface area (Å²) in [5.74, 6) is 0. The maximum Gasteiger partial charge on any atom is 0.0861 e. The molecule has 4 aliphatic rings. The van der Waals surface area contributed by atoms with Gasteiger partial charge in [-0.15, -0.1) is 0 Å². The molecule has 9 heteroatoms. The molecule has 4 aliphatic carbocycles. The normalized spacial score (nSPS) is 23.6. The zero-order chi connectivity index (χ0) is 22.4. The summed E-state index contributed by atoms with van der Waals surface area (Å²) in [6, 6.07) is 3.99. The van der Waals surface area contributed by atoms with Crippen molar-refractivity contribution in [2.75, 3.05) is 0 Å². The van der Waals surface area contributed by atoms with E-state index in [0.717, 1.165) is 24.2 Å². The topological polar surface area (TPSA) is 176 Å². The molecule has 4 fully saturated rings. The summed E-state index contributed by atoms with van der Waals surface area (Å²) in [6.07, 6.45) is 29.9. The predicted molar refractivity (Wildman–Crippen MR) is 129 cm³/mol. The van der Waals surface area contributed by atoms with Gasteiger partial charge in [-0.05, 0) is 103 Å². The van der Waals surface area contributed by atoms with E-state index in [1.807, 2.05) is 0 Å². The average molecular weight is 497 g/mol. The number of hydrogen-bond donors (Lipinski definition) is 2. The van der Waals surface area contributed by atoms with E-state index < -0.39 is 10.4 Å². The third-order valence-corrected chi connectivity index (χ3v) is 7.69. The maximum atomic E-state index is 8.52. The Morgan fingerprint density at radius 2 is 0.576 bits per heavy atom. The average Bonchev–Trinajstić information content (AvgIpc) is 2.76. The van der Waals surface area contributed by atoms with Crippen molar-refractivity contribution < 1.29 is 39.1 Å². The summed E-state index contributed by atoms with van der Waals surface area (Å²) in [4.78, 5) is 0. The molecule has 0 aromatic rings. The lowest BCUT2D eigenvalue weighted by atomic mass is 9.91. The van der Waals surface area contributed by atoms with Crippen LogP contribution in [0.3, 0.4) is 0 Å². The fraction of sp³-hybridized carbons (Fsp3) is 1.00. The number of nitrogens with two attached hydrogens (primary N) is 2. The van der Waals surface area contributed by atoms with Crippen molar-refractivity contribution in [3.8, 4) is 0 Å². The first-order valence-electron chi connectivity index (χ1n) is 13.3. The molecule has 0 unspecified atom stereocenters. The Morgan fingerprint density at radius 3 is 0.727 bits per heavy atom. The first kappa shape index (κ1) is 32.7. The summed E-state index contributed by atoms with van der Waals surface area (Å²) in [5.41, 5.74) is 0. The van der Waals surface area contributed by atoms with Gasteiger partial charge in [0.05, 0.1) is 24.2 Å². The Labute approximate surface area is 202 Å². The summed E-state index contributed by atoms with van der Waals surface area (Å²) in [6.45, 7) is 0. The summed E-state index contributed by atoms with van der Waals surface area (Å²) in [5, 5.41) is 5.44. The monoisotopic (exact) mass is 496 g/mol. The lowest BCUT2D eigenvalue weighted by Gasteiger charge is -2.27. The van der Waals surface area contributed by atoms with Gasteiger partial charge in [-0.3, -0.25) is 8.42 Å². The molecule has 0 aromatic heterocycles. The minimum Gasteiger partial charge on any atom is -0.759 e. The molecule has 200 valence electrons. The standard InChI is InChI=1S/2C12H23N.H2O4S.2H2O/c2*1-3-7-11(8-4-1)13-12-9-5-2-6-10-12;1-5(2,3)4;;/h2*11-13H,1-10H2;(H2,1,2,3,4);2*1H2. The Kier molecular flexibility index (Phi) is 18.8. The van der Waals surface area contributed by atoms with Gasteiger partial charge in [-0.25, -0.2) is 0 Å². The second-order valence-electron chi connectivity index (χ2n) is 10.4. The lowest BCUT2D eigenvalue weighted by molar-refractivity contribution is -0.726. The third kappa shape index (κ3) is 17.8. The molecule has 8 nitrogen and oxygen atoms in total. The maximum absolute atomic E-state index is 8.52. The highest BCUT2D eigenvalue weighted by Gasteiger charge is 2.23. The van der Waals surface area contributed by atoms with Crippen molar-refractivity contribution in [2.24, 2.45) is 0 Å². The third-order valence-electron chi connectivity index (χ3n) is 7.69. The molecule has 0 atom stereocenters. The Bertz CT molecular complexity index is 465. The van der Waals surface area contributed by atoms with Crippen LogP contribution in [0.25, 0.3) is 0 Å². The van der Waals surface area contributed by atoms with Crippen molar-refractivity contribution >= 4 is 10.4 Å². The van der Waals surface area contributed by atoms with Gasteiger partial charge in [-0.2, -0.15) is 0 Å². The van der Waals surface area contributed by atoms with E-state index in [1.54, 1.807) is 0 Å². The van der Waals surface area contributed by atoms with Gasteiger partial charge in [0.2, 0.25) is 0 Å². The van der Waals surface area contributed by atoms with Crippen LogP contribution < -0.4 is 10.6 Å². The van der Waals surface area contributed by atoms with Crippen LogP contribution in [0.4, 0.5) is 0 Å². The van der Waals surface area contributed by atoms with E-state index >= 15 is 0 Å². The van der Waals surface area contributed by atoms with Crippen LogP contribution in [-0.2, 0) is 10.4 Å². The van der Waals surface area contributed by atoms with E-state index in [4.69, 9.17) is 17.5 Å². The molecule has 0 spiro atoms. The van der Waals surface area contributed by atoms with Crippen LogP contribution in [-0.4, -0.2) is 52.6 Å². The molecule has 0 radical (unpaired) electrons. The zero-order valence-corrected chi connectivity index (χ0v) is 21.5. The first-order valence-corrected chi connectivity index (χ1v) is 14.6. The van der Waals surface area contributed by atoms with Gasteiger partial charge in [-0.1, -0.05) is 25.7 Å². The Balaban J connectivity index is 0.000000494. The minimum absolute atomic E-state index is 0. The molecule has 0 saturated heterocycles. The molecule has 0 aromatic carbocycles. The zero-order valence-electron chi connectivity index (χ0n) is 20.6. The number of rotatable bonds is 4. The fourth-order valence-electron chi connectivity index (χ4n) is 6.08. The highest BCUT2D eigenvalue weighted by Crippen LogP contribution is 2.19. The second-order valence-corrected chi connectivity index (χ2v) is 11.2. The van der Waals surface area contributed by atoms with Crippen LogP contribution in [0.1, 0.15) is 128 Å². The van der Waals surface area contributed by atoms with Crippen LogP contribution in [0.5, 0.6) is 0 Å². The molecule has 0 amide bonds. The summed E-state index contributed by atoms with van der Waals surface area (Å²) in [7, 11) is -5.17. The number of quaternary nitrogens is 2. The molecular formula is C24H52N2O6S. The van der Waals surface area contributed by atoms with Crippen LogP contribution in [0, 0.1) is 0 Å². The molecule has 0 aliphatic heterocycles. The quantitative estimate of drug-likeness (QED) is 0.442. The van der Waals surface area contributed by atoms with Crippen molar-refractivity contribution in [3.05, 3.63) is 0 Å². The highest BCUT2D eigenvalue weighted by molar-refractivity contribution is 7.79. The predicted octanol–water partition coefficient (Wildman–Crippen LogP) is 1.44. The molecule has 4 saturated carbocycles. The van der Waals surface area contributed by atoms with Crippen molar-refractivity contribution in [2.45, 2.75) is 153 Å². The van der Waals surface area contributed by atoms with E-state index in [1.165, 1.54) is 128 Å². The van der Waals surface area contributed by atoms with Gasteiger partial charge in [0.25, 0.3) is 0 Å². The molecule has 33 heavy (non-hydrogen) atoms. The molecule has 0 bridgehead atoms. The molecular weight excluding hydrogens is 444 g/mol. The largest absolute Gasteiger partial charge is 0.759 e. The molecule has 4 rings (SSSR count). The highest BCUT2D eigenvalue weighted by atomic mass is 32.3. The van der Waals surface area contributed by atoms with Crippen molar-refractivity contribution in [1.82, 2.24) is 0 Å². The van der Waals surface area contributed by atoms with Gasteiger partial charge >= 0.3 is 0 Å². The first-order chi connectivity index (χ1) is 14.9. The van der Waals surface area contributed by atoms with E-state index in [-0.39, 0.29) is 11.0 Å². The van der Waals surface area contributed by atoms with Crippen LogP contribution >= 0.6 is 0 Å². The van der Waals surface area contributed by atoms with Crippen LogP contribution in [0.15, 0.2) is 0 Å². The van der Waals surface area contributed by atoms with E-state index in [0.29, 0.717) is 0 Å². The van der Waals surface area contributed by atoms with Gasteiger partial charge in [0, 0.05) is 10.4 Å².